The highest BCUT2D eigenvalue weighted by Gasteiger charge is 2.13. The molecule has 0 aromatic rings. The first-order valence-electron chi connectivity index (χ1n) is 4.06. The maximum atomic E-state index is 9.05. The van der Waals surface area contributed by atoms with E-state index in [-0.39, 0.29) is 18.7 Å². The topological polar surface area (TPSA) is 49.7 Å². The molecular weight excluding hydrogens is 143 g/mol. The Labute approximate surface area is 68.8 Å². The fourth-order valence-corrected chi connectivity index (χ4v) is 0.686. The van der Waals surface area contributed by atoms with E-state index in [0.29, 0.717) is 0 Å². The van der Waals surface area contributed by atoms with Gasteiger partial charge in [0, 0.05) is 6.00 Å². The summed E-state index contributed by atoms with van der Waals surface area (Å²) in [5.41, 5.74) is 0. The van der Waals surface area contributed by atoms with Crippen molar-refractivity contribution in [1.82, 2.24) is 0 Å². The second-order valence-electron chi connectivity index (χ2n) is 2.79. The SMILES string of the molecule is B[C@H](O[C@@H](CC)CO)[C@@H](C)O. The minimum absolute atomic E-state index is 0.0214. The second kappa shape index (κ2) is 5.58. The van der Waals surface area contributed by atoms with E-state index in [0.717, 1.165) is 6.42 Å². The Morgan fingerprint density at radius 2 is 2.09 bits per heavy atom. The number of aliphatic hydroxyl groups is 2. The molecule has 2 N–H and O–H groups in total. The van der Waals surface area contributed by atoms with Gasteiger partial charge in [-0.1, -0.05) is 6.92 Å². The molecule has 0 aromatic carbocycles. The van der Waals surface area contributed by atoms with E-state index in [1.807, 2.05) is 6.92 Å². The van der Waals surface area contributed by atoms with Gasteiger partial charge in [0.2, 0.25) is 0 Å². The molecule has 0 radical (unpaired) electrons. The zero-order chi connectivity index (χ0) is 8.85. The summed E-state index contributed by atoms with van der Waals surface area (Å²) in [7, 11) is 1.79. The number of hydrogen-bond donors (Lipinski definition) is 2. The van der Waals surface area contributed by atoms with Gasteiger partial charge in [-0.15, -0.1) is 0 Å². The van der Waals surface area contributed by atoms with Gasteiger partial charge in [-0.3, -0.25) is 0 Å². The Balaban J connectivity index is 3.62. The molecule has 0 aliphatic rings. The zero-order valence-electron chi connectivity index (χ0n) is 7.45. The normalized spacial score (nSPS) is 19.3. The standard InChI is InChI=1S/C7H17BO3/c1-3-6(4-9)11-7(8)5(2)10/h5-7,9-10H,3-4,8H2,1-2H3/t5-,6+,7-/m1/s1. The molecule has 0 rings (SSSR count). The lowest BCUT2D eigenvalue weighted by atomic mass is 9.95. The van der Waals surface area contributed by atoms with E-state index in [1.54, 1.807) is 14.8 Å². The van der Waals surface area contributed by atoms with Crippen molar-refractivity contribution in [2.45, 2.75) is 38.5 Å². The highest BCUT2D eigenvalue weighted by molar-refractivity contribution is 6.11. The first kappa shape index (κ1) is 10.9. The fourth-order valence-electron chi connectivity index (χ4n) is 0.686. The summed E-state index contributed by atoms with van der Waals surface area (Å²) in [6, 6.07) is -0.202. The molecule has 0 aromatic heterocycles. The molecule has 0 fully saturated rings. The van der Waals surface area contributed by atoms with Gasteiger partial charge in [-0.25, -0.2) is 0 Å². The lowest BCUT2D eigenvalue weighted by molar-refractivity contribution is -0.0499. The Bertz CT molecular complexity index is 93.7. The largest absolute Gasteiger partial charge is 0.394 e. The molecule has 11 heavy (non-hydrogen) atoms. The Morgan fingerprint density at radius 1 is 1.55 bits per heavy atom. The third-order valence-electron chi connectivity index (χ3n) is 1.75. The molecule has 0 aliphatic carbocycles. The van der Waals surface area contributed by atoms with Crippen molar-refractivity contribution < 1.29 is 14.9 Å². The van der Waals surface area contributed by atoms with Crippen LogP contribution in [0.15, 0.2) is 0 Å². The molecule has 3 atom stereocenters. The van der Waals surface area contributed by atoms with Crippen LogP contribution in [0.4, 0.5) is 0 Å². The van der Waals surface area contributed by atoms with Crippen LogP contribution in [0.5, 0.6) is 0 Å². The van der Waals surface area contributed by atoms with Crippen LogP contribution in [0.1, 0.15) is 20.3 Å². The van der Waals surface area contributed by atoms with Gasteiger partial charge in [-0.2, -0.15) is 0 Å². The zero-order valence-corrected chi connectivity index (χ0v) is 7.45. The number of hydrogen-bond acceptors (Lipinski definition) is 3. The third kappa shape index (κ3) is 4.40. The van der Waals surface area contributed by atoms with E-state index in [2.05, 4.69) is 0 Å². The van der Waals surface area contributed by atoms with Gasteiger partial charge >= 0.3 is 0 Å². The van der Waals surface area contributed by atoms with E-state index in [1.165, 1.54) is 0 Å². The van der Waals surface area contributed by atoms with Crippen LogP contribution in [0.3, 0.4) is 0 Å². The Hall–Kier alpha value is -0.0551. The van der Waals surface area contributed by atoms with Gasteiger partial charge in [0.1, 0.15) is 7.85 Å². The molecule has 0 saturated heterocycles. The quantitative estimate of drug-likeness (QED) is 0.513. The fraction of sp³-hybridized carbons (Fsp3) is 1.00. The van der Waals surface area contributed by atoms with Gasteiger partial charge in [0.25, 0.3) is 0 Å². The maximum Gasteiger partial charge on any atom is 0.142 e. The predicted octanol–water partition coefficient (Wildman–Crippen LogP) is -0.886. The van der Waals surface area contributed by atoms with E-state index < -0.39 is 6.10 Å². The summed E-state index contributed by atoms with van der Waals surface area (Å²) in [5.74, 6) is 0. The van der Waals surface area contributed by atoms with Crippen molar-refractivity contribution in [3.8, 4) is 0 Å². The molecule has 66 valence electrons. The van der Waals surface area contributed by atoms with Crippen molar-refractivity contribution in [2.24, 2.45) is 0 Å². The van der Waals surface area contributed by atoms with Crippen molar-refractivity contribution in [1.29, 1.82) is 0 Å². The average molecular weight is 160 g/mol. The van der Waals surface area contributed by atoms with Crippen molar-refractivity contribution >= 4 is 7.85 Å². The van der Waals surface area contributed by atoms with Crippen molar-refractivity contribution in [3.63, 3.8) is 0 Å². The smallest absolute Gasteiger partial charge is 0.142 e. The molecule has 0 bridgehead atoms. The molecule has 0 saturated carbocycles. The third-order valence-corrected chi connectivity index (χ3v) is 1.75. The molecule has 4 heteroatoms. The van der Waals surface area contributed by atoms with Gasteiger partial charge in [-0.05, 0) is 13.3 Å². The van der Waals surface area contributed by atoms with Crippen LogP contribution in [0.2, 0.25) is 0 Å². The van der Waals surface area contributed by atoms with E-state index >= 15 is 0 Å². The second-order valence-corrected chi connectivity index (χ2v) is 2.79. The van der Waals surface area contributed by atoms with Gasteiger partial charge in [0.05, 0.1) is 18.8 Å². The van der Waals surface area contributed by atoms with Gasteiger partial charge < -0.3 is 14.9 Å². The first-order valence-corrected chi connectivity index (χ1v) is 4.06. The lowest BCUT2D eigenvalue weighted by Crippen LogP contribution is -2.32. The Kier molecular flexibility index (Phi) is 5.55. The summed E-state index contributed by atoms with van der Waals surface area (Å²) in [5, 5.41) is 17.8. The minimum atomic E-state index is -0.476. The summed E-state index contributed by atoms with van der Waals surface area (Å²) in [6.07, 6.45) is 0.156. The van der Waals surface area contributed by atoms with Crippen LogP contribution >= 0.6 is 0 Å². The van der Waals surface area contributed by atoms with Crippen molar-refractivity contribution in [2.75, 3.05) is 6.61 Å². The highest BCUT2D eigenvalue weighted by Crippen LogP contribution is 2.02. The van der Waals surface area contributed by atoms with Crippen LogP contribution in [0.25, 0.3) is 0 Å². The molecular formula is C7H17BO3. The predicted molar refractivity (Wildman–Crippen MR) is 46.3 cm³/mol. The van der Waals surface area contributed by atoms with E-state index in [4.69, 9.17) is 14.9 Å². The monoisotopic (exact) mass is 160 g/mol. The van der Waals surface area contributed by atoms with Gasteiger partial charge in [0.15, 0.2) is 0 Å². The average Bonchev–Trinajstić information content (AvgIpc) is 1.99. The number of ether oxygens (including phenoxy) is 1. The highest BCUT2D eigenvalue weighted by atomic mass is 16.5. The number of rotatable bonds is 5. The molecule has 0 unspecified atom stereocenters. The summed E-state index contributed by atoms with van der Waals surface area (Å²) in [4.78, 5) is 0. The van der Waals surface area contributed by atoms with Crippen LogP contribution < -0.4 is 0 Å². The van der Waals surface area contributed by atoms with Crippen molar-refractivity contribution in [3.05, 3.63) is 0 Å². The first-order chi connectivity index (χ1) is 5.11. The molecule has 0 spiro atoms. The molecule has 0 aliphatic heterocycles. The van der Waals surface area contributed by atoms with Crippen LogP contribution in [0, 0.1) is 0 Å². The summed E-state index contributed by atoms with van der Waals surface area (Å²) >= 11 is 0. The molecule has 0 heterocycles. The lowest BCUT2D eigenvalue weighted by Gasteiger charge is -2.21. The maximum absolute atomic E-state index is 9.05. The van der Waals surface area contributed by atoms with Crippen LogP contribution in [-0.2, 0) is 4.74 Å². The molecule has 3 nitrogen and oxygen atoms in total. The summed E-state index contributed by atoms with van der Waals surface area (Å²) < 4.78 is 5.31. The van der Waals surface area contributed by atoms with E-state index in [9.17, 15) is 0 Å². The van der Waals surface area contributed by atoms with Crippen LogP contribution in [-0.4, -0.2) is 42.9 Å². The number of aliphatic hydroxyl groups excluding tert-OH is 2. The minimum Gasteiger partial charge on any atom is -0.394 e. The molecule has 0 amide bonds. The summed E-state index contributed by atoms with van der Waals surface area (Å²) in [6.45, 7) is 3.64. The Morgan fingerprint density at radius 3 is 2.36 bits per heavy atom.